The number of nitrogens with zero attached hydrogens (tertiary/aromatic N) is 4. The van der Waals surface area contributed by atoms with Crippen molar-refractivity contribution in [1.29, 1.82) is 0 Å². The number of carbonyl (C=O) groups is 1. The number of hydrogen-bond acceptors (Lipinski definition) is 4. The van der Waals surface area contributed by atoms with Crippen molar-refractivity contribution in [3.63, 3.8) is 0 Å². The Bertz CT molecular complexity index is 1060. The summed E-state index contributed by atoms with van der Waals surface area (Å²) < 4.78 is 0.875. The molecule has 31 heavy (non-hydrogen) atoms. The molecule has 0 spiro atoms. The predicted molar refractivity (Wildman–Crippen MR) is 128 cm³/mol. The van der Waals surface area contributed by atoms with Gasteiger partial charge in [0.05, 0.1) is 5.69 Å². The van der Waals surface area contributed by atoms with Crippen molar-refractivity contribution in [3.05, 3.63) is 81.7 Å². The third-order valence-electron chi connectivity index (χ3n) is 5.51. The summed E-state index contributed by atoms with van der Waals surface area (Å²) >= 11 is 3.48. The molecule has 2 heterocycles. The van der Waals surface area contributed by atoms with Gasteiger partial charge in [0.1, 0.15) is 11.6 Å². The van der Waals surface area contributed by atoms with Gasteiger partial charge in [-0.2, -0.15) is 0 Å². The minimum absolute atomic E-state index is 0.0777. The Hall–Kier alpha value is -2.93. The number of halogens is 1. The number of hydrogen-bond donors (Lipinski definition) is 1. The van der Waals surface area contributed by atoms with E-state index in [0.717, 1.165) is 52.6 Å². The Morgan fingerprint density at radius 3 is 2.35 bits per heavy atom. The van der Waals surface area contributed by atoms with Crippen molar-refractivity contribution in [3.8, 4) is 0 Å². The molecule has 2 aromatic carbocycles. The molecular formula is C24H26BrN5O. The second kappa shape index (κ2) is 9.47. The molecule has 4 rings (SSSR count). The maximum absolute atomic E-state index is 12.7. The van der Waals surface area contributed by atoms with Crippen LogP contribution in [0.15, 0.2) is 59.1 Å². The van der Waals surface area contributed by atoms with E-state index in [1.54, 1.807) is 0 Å². The van der Waals surface area contributed by atoms with Crippen LogP contribution in [-0.4, -0.2) is 47.1 Å². The van der Waals surface area contributed by atoms with Crippen LogP contribution in [0.2, 0.25) is 0 Å². The first-order chi connectivity index (χ1) is 15.0. The van der Waals surface area contributed by atoms with Gasteiger partial charge in [0.15, 0.2) is 0 Å². The summed E-state index contributed by atoms with van der Waals surface area (Å²) in [5.74, 6) is 1.76. The molecule has 2 amide bonds. The number of carbonyl (C=O) groups excluding carboxylic acids is 1. The van der Waals surface area contributed by atoms with Gasteiger partial charge in [-0.25, -0.2) is 14.8 Å². The van der Waals surface area contributed by atoms with Gasteiger partial charge in [0.25, 0.3) is 0 Å². The number of piperazine rings is 1. The van der Waals surface area contributed by atoms with E-state index < -0.39 is 0 Å². The van der Waals surface area contributed by atoms with E-state index in [0.29, 0.717) is 13.1 Å². The summed E-state index contributed by atoms with van der Waals surface area (Å²) in [6.45, 7) is 6.75. The van der Waals surface area contributed by atoms with E-state index in [4.69, 9.17) is 4.98 Å². The highest BCUT2D eigenvalue weighted by atomic mass is 79.9. The first kappa shape index (κ1) is 21.3. The lowest BCUT2D eigenvalue weighted by atomic mass is 10.0. The first-order valence-corrected chi connectivity index (χ1v) is 11.2. The lowest BCUT2D eigenvalue weighted by molar-refractivity contribution is 0.208. The molecule has 0 saturated carbocycles. The highest BCUT2D eigenvalue weighted by molar-refractivity contribution is 9.10. The van der Waals surface area contributed by atoms with E-state index in [2.05, 4.69) is 62.3 Å². The van der Waals surface area contributed by atoms with Crippen LogP contribution in [0, 0.1) is 13.8 Å². The topological polar surface area (TPSA) is 61.4 Å². The quantitative estimate of drug-likeness (QED) is 0.583. The normalized spacial score (nSPS) is 13.9. The summed E-state index contributed by atoms with van der Waals surface area (Å²) in [7, 11) is 0. The number of benzene rings is 2. The van der Waals surface area contributed by atoms with Crippen molar-refractivity contribution < 1.29 is 4.79 Å². The average Bonchev–Trinajstić information content (AvgIpc) is 2.78. The molecule has 1 aliphatic heterocycles. The molecule has 0 atom stereocenters. The number of amides is 2. The van der Waals surface area contributed by atoms with Gasteiger partial charge in [-0.15, -0.1) is 0 Å². The van der Waals surface area contributed by atoms with Gasteiger partial charge >= 0.3 is 6.03 Å². The number of rotatable bonds is 4. The smallest absolute Gasteiger partial charge is 0.321 e. The lowest BCUT2D eigenvalue weighted by Gasteiger charge is -2.36. The molecule has 160 valence electrons. The minimum atomic E-state index is -0.0777. The second-order valence-corrected chi connectivity index (χ2v) is 8.56. The Morgan fingerprint density at radius 2 is 1.65 bits per heavy atom. The Labute approximate surface area is 191 Å². The maximum atomic E-state index is 12.7. The van der Waals surface area contributed by atoms with E-state index in [1.165, 1.54) is 5.56 Å². The van der Waals surface area contributed by atoms with Crippen LogP contribution in [0.4, 0.5) is 16.3 Å². The van der Waals surface area contributed by atoms with Gasteiger partial charge in [0.2, 0.25) is 0 Å². The summed E-state index contributed by atoms with van der Waals surface area (Å²) in [6, 6.07) is 18.0. The van der Waals surface area contributed by atoms with E-state index in [-0.39, 0.29) is 6.03 Å². The van der Waals surface area contributed by atoms with Crippen molar-refractivity contribution in [2.24, 2.45) is 0 Å². The predicted octanol–water partition coefficient (Wildman–Crippen LogP) is 4.80. The summed E-state index contributed by atoms with van der Waals surface area (Å²) in [4.78, 5) is 26.3. The maximum Gasteiger partial charge on any atom is 0.321 e. The number of urea groups is 1. The number of anilines is 2. The van der Waals surface area contributed by atoms with Crippen molar-refractivity contribution in [2.75, 3.05) is 36.4 Å². The lowest BCUT2D eigenvalue weighted by Crippen LogP contribution is -2.50. The zero-order valence-electron chi connectivity index (χ0n) is 17.8. The first-order valence-electron chi connectivity index (χ1n) is 10.4. The van der Waals surface area contributed by atoms with Crippen LogP contribution in [0.3, 0.4) is 0 Å². The zero-order valence-corrected chi connectivity index (χ0v) is 19.4. The fourth-order valence-corrected chi connectivity index (χ4v) is 4.25. The average molecular weight is 480 g/mol. The third kappa shape index (κ3) is 5.05. The van der Waals surface area contributed by atoms with Gasteiger partial charge in [-0.3, -0.25) is 0 Å². The molecule has 1 aliphatic rings. The Kier molecular flexibility index (Phi) is 6.51. The minimum Gasteiger partial charge on any atom is -0.353 e. The molecule has 0 bridgehead atoms. The number of aryl methyl sites for hydroxylation is 2. The van der Waals surface area contributed by atoms with Gasteiger partial charge in [0, 0.05) is 48.3 Å². The number of nitrogens with one attached hydrogen (secondary N) is 1. The molecule has 3 aromatic rings. The standard InChI is InChI=1S/C24H26BrN5O/c1-17-20(16-19-8-4-3-5-9-19)23(27-18(2)26-17)29-12-14-30(15-13-29)24(31)28-22-11-7-6-10-21(22)25/h3-11H,12-16H2,1-2H3,(H,28,31). The van der Waals surface area contributed by atoms with Gasteiger partial charge in [-0.1, -0.05) is 42.5 Å². The van der Waals surface area contributed by atoms with Crippen LogP contribution in [-0.2, 0) is 6.42 Å². The monoisotopic (exact) mass is 479 g/mol. The van der Waals surface area contributed by atoms with Gasteiger partial charge < -0.3 is 15.1 Å². The molecule has 1 saturated heterocycles. The Balaban J connectivity index is 1.47. The van der Waals surface area contributed by atoms with E-state index in [1.807, 2.05) is 42.2 Å². The van der Waals surface area contributed by atoms with E-state index in [9.17, 15) is 4.79 Å². The molecule has 0 aliphatic carbocycles. The van der Waals surface area contributed by atoms with Crippen molar-refractivity contribution >= 4 is 33.5 Å². The molecular weight excluding hydrogens is 454 g/mol. The summed E-state index contributed by atoms with van der Waals surface area (Å²) in [6.07, 6.45) is 0.797. The second-order valence-electron chi connectivity index (χ2n) is 7.70. The number of aromatic nitrogens is 2. The summed E-state index contributed by atoms with van der Waals surface area (Å²) in [5, 5.41) is 2.99. The fraction of sp³-hybridized carbons (Fsp3) is 0.292. The molecule has 6 nitrogen and oxygen atoms in total. The molecule has 0 radical (unpaired) electrons. The molecule has 1 N–H and O–H groups in total. The zero-order chi connectivity index (χ0) is 21.8. The fourth-order valence-electron chi connectivity index (χ4n) is 3.86. The highest BCUT2D eigenvalue weighted by Crippen LogP contribution is 2.26. The Morgan fingerprint density at radius 1 is 0.968 bits per heavy atom. The van der Waals surface area contributed by atoms with Crippen LogP contribution in [0.5, 0.6) is 0 Å². The molecule has 7 heteroatoms. The van der Waals surface area contributed by atoms with Crippen LogP contribution in [0.25, 0.3) is 0 Å². The van der Waals surface area contributed by atoms with Crippen LogP contribution < -0.4 is 10.2 Å². The highest BCUT2D eigenvalue weighted by Gasteiger charge is 2.25. The van der Waals surface area contributed by atoms with Crippen molar-refractivity contribution in [2.45, 2.75) is 20.3 Å². The van der Waals surface area contributed by atoms with Crippen molar-refractivity contribution in [1.82, 2.24) is 14.9 Å². The van der Waals surface area contributed by atoms with E-state index >= 15 is 0 Å². The number of para-hydroxylation sites is 1. The molecule has 1 aromatic heterocycles. The largest absolute Gasteiger partial charge is 0.353 e. The van der Waals surface area contributed by atoms with Crippen LogP contribution >= 0.6 is 15.9 Å². The molecule has 1 fully saturated rings. The SMILES string of the molecule is Cc1nc(C)c(Cc2ccccc2)c(N2CCN(C(=O)Nc3ccccc3Br)CC2)n1. The third-order valence-corrected chi connectivity index (χ3v) is 6.20. The van der Waals surface area contributed by atoms with Crippen LogP contribution in [0.1, 0.15) is 22.6 Å². The van der Waals surface area contributed by atoms with Gasteiger partial charge in [-0.05, 0) is 47.5 Å². The molecule has 0 unspecified atom stereocenters. The summed E-state index contributed by atoms with van der Waals surface area (Å²) in [5.41, 5.74) is 4.19.